The second kappa shape index (κ2) is 10.4. The third-order valence-corrected chi connectivity index (χ3v) is 4.52. The number of hydrogen-bond donors (Lipinski definition) is 2. The van der Waals surface area contributed by atoms with E-state index in [-0.39, 0.29) is 39.4 Å². The highest BCUT2D eigenvalue weighted by molar-refractivity contribution is 6.30. The summed E-state index contributed by atoms with van der Waals surface area (Å²) in [4.78, 5) is 16.9. The fourth-order valence-electron chi connectivity index (χ4n) is 2.70. The van der Waals surface area contributed by atoms with Gasteiger partial charge in [-0.2, -0.15) is 0 Å². The van der Waals surface area contributed by atoms with Crippen LogP contribution in [0, 0.1) is 5.82 Å². The maximum Gasteiger partial charge on any atom is 0.355 e. The van der Waals surface area contributed by atoms with Crippen molar-refractivity contribution in [1.82, 2.24) is 5.32 Å². The Labute approximate surface area is 180 Å². The van der Waals surface area contributed by atoms with Crippen molar-refractivity contribution in [1.29, 1.82) is 0 Å². The predicted molar refractivity (Wildman–Crippen MR) is 119 cm³/mol. The first-order valence-electron chi connectivity index (χ1n) is 9.03. The highest BCUT2D eigenvalue weighted by Crippen LogP contribution is 2.22. The summed E-state index contributed by atoms with van der Waals surface area (Å²) >= 11 is 5.79. The smallest absolute Gasteiger partial charge is 0.355 e. The van der Waals surface area contributed by atoms with Crippen molar-refractivity contribution < 1.29 is 13.9 Å². The van der Waals surface area contributed by atoms with Crippen molar-refractivity contribution in [2.24, 2.45) is 10.7 Å². The first-order valence-corrected chi connectivity index (χ1v) is 9.41. The Morgan fingerprint density at radius 2 is 1.97 bits per heavy atom. The SMILES string of the molecule is C=CC(C(N)=NC(C)c1ccccc1)=C(NC(=C)c1ccc(Cl)cc1F)C(=O)OC. The Bertz CT molecular complexity index is 1020. The maximum absolute atomic E-state index is 14.2. The number of halogens is 2. The van der Waals surface area contributed by atoms with Crippen LogP contribution in [-0.2, 0) is 9.53 Å². The molecule has 3 N–H and O–H groups in total. The fourth-order valence-corrected chi connectivity index (χ4v) is 2.86. The van der Waals surface area contributed by atoms with Crippen LogP contribution < -0.4 is 11.1 Å². The van der Waals surface area contributed by atoms with Gasteiger partial charge in [0.1, 0.15) is 17.3 Å². The van der Waals surface area contributed by atoms with Crippen molar-refractivity contribution in [2.75, 3.05) is 7.11 Å². The summed E-state index contributed by atoms with van der Waals surface area (Å²) in [5.74, 6) is -1.26. The van der Waals surface area contributed by atoms with E-state index in [9.17, 15) is 9.18 Å². The van der Waals surface area contributed by atoms with Crippen LogP contribution in [0.15, 0.2) is 84.0 Å². The Balaban J connectivity index is 2.44. The Hall–Kier alpha value is -3.38. The Morgan fingerprint density at radius 3 is 2.53 bits per heavy atom. The number of carbonyl (C=O) groups excluding carboxylic acids is 1. The number of ether oxygens (including phenoxy) is 1. The van der Waals surface area contributed by atoms with E-state index < -0.39 is 11.8 Å². The molecule has 30 heavy (non-hydrogen) atoms. The average Bonchev–Trinajstić information content (AvgIpc) is 2.73. The Kier molecular flexibility index (Phi) is 7.95. The van der Waals surface area contributed by atoms with Gasteiger partial charge in [0.2, 0.25) is 0 Å². The summed E-state index contributed by atoms with van der Waals surface area (Å²) < 4.78 is 19.1. The maximum atomic E-state index is 14.2. The van der Waals surface area contributed by atoms with Gasteiger partial charge in [0, 0.05) is 21.9 Å². The molecule has 156 valence electrons. The van der Waals surface area contributed by atoms with Crippen LogP contribution in [0.5, 0.6) is 0 Å². The molecule has 2 aromatic carbocycles. The van der Waals surface area contributed by atoms with Crippen LogP contribution in [0.25, 0.3) is 5.70 Å². The van der Waals surface area contributed by atoms with E-state index in [1.165, 1.54) is 25.3 Å². The van der Waals surface area contributed by atoms with Crippen LogP contribution in [0.1, 0.15) is 24.1 Å². The molecule has 0 fully saturated rings. The van der Waals surface area contributed by atoms with Crippen LogP contribution >= 0.6 is 11.6 Å². The number of rotatable bonds is 8. The summed E-state index contributed by atoms with van der Waals surface area (Å²) in [7, 11) is 1.22. The van der Waals surface area contributed by atoms with Gasteiger partial charge in [0.05, 0.1) is 13.2 Å². The van der Waals surface area contributed by atoms with Gasteiger partial charge < -0.3 is 15.8 Å². The number of esters is 1. The number of nitrogens with zero attached hydrogens (tertiary/aromatic N) is 1. The highest BCUT2D eigenvalue weighted by Gasteiger charge is 2.20. The van der Waals surface area contributed by atoms with E-state index >= 15 is 0 Å². The van der Waals surface area contributed by atoms with E-state index in [0.29, 0.717) is 0 Å². The minimum absolute atomic E-state index is 0.0617. The molecule has 2 aromatic rings. The Morgan fingerprint density at radius 1 is 1.30 bits per heavy atom. The lowest BCUT2D eigenvalue weighted by atomic mass is 10.1. The van der Waals surface area contributed by atoms with Gasteiger partial charge in [0.15, 0.2) is 0 Å². The van der Waals surface area contributed by atoms with Gasteiger partial charge in [-0.3, -0.25) is 4.99 Å². The third kappa shape index (κ3) is 5.58. The molecule has 0 aliphatic carbocycles. The largest absolute Gasteiger partial charge is 0.464 e. The number of methoxy groups -OCH3 is 1. The van der Waals surface area contributed by atoms with Crippen LogP contribution in [0.3, 0.4) is 0 Å². The minimum Gasteiger partial charge on any atom is -0.464 e. The molecule has 1 atom stereocenters. The van der Waals surface area contributed by atoms with E-state index in [1.54, 1.807) is 0 Å². The zero-order valence-corrected chi connectivity index (χ0v) is 17.5. The molecule has 0 aromatic heterocycles. The monoisotopic (exact) mass is 427 g/mol. The molecule has 0 saturated carbocycles. The molecule has 0 saturated heterocycles. The summed E-state index contributed by atoms with van der Waals surface area (Å²) in [6, 6.07) is 13.4. The molecular weight excluding hydrogens is 405 g/mol. The van der Waals surface area contributed by atoms with Crippen LogP contribution in [-0.4, -0.2) is 18.9 Å². The van der Waals surface area contributed by atoms with Gasteiger partial charge in [-0.1, -0.05) is 61.2 Å². The van der Waals surface area contributed by atoms with E-state index in [1.807, 2.05) is 37.3 Å². The molecular formula is C23H23ClFN3O2. The number of aliphatic imine (C=N–C) groups is 1. The van der Waals surface area contributed by atoms with Crippen LogP contribution in [0.2, 0.25) is 5.02 Å². The molecule has 0 spiro atoms. The van der Waals surface area contributed by atoms with E-state index in [4.69, 9.17) is 22.1 Å². The zero-order valence-electron chi connectivity index (χ0n) is 16.8. The number of hydrogen-bond acceptors (Lipinski definition) is 4. The summed E-state index contributed by atoms with van der Waals surface area (Å²) in [6.07, 6.45) is 1.38. The van der Waals surface area contributed by atoms with Crippen molar-refractivity contribution >= 4 is 29.1 Å². The summed E-state index contributed by atoms with van der Waals surface area (Å²) in [5.41, 5.74) is 7.53. The van der Waals surface area contributed by atoms with E-state index in [0.717, 1.165) is 11.6 Å². The first kappa shape index (κ1) is 22.9. The molecule has 0 radical (unpaired) electrons. The second-order valence-electron chi connectivity index (χ2n) is 6.31. The van der Waals surface area contributed by atoms with Crippen molar-refractivity contribution in [2.45, 2.75) is 13.0 Å². The molecule has 0 bridgehead atoms. The number of carbonyl (C=O) groups is 1. The fraction of sp³-hybridized carbons (Fsp3) is 0.130. The lowest BCUT2D eigenvalue weighted by Crippen LogP contribution is -2.27. The van der Waals surface area contributed by atoms with Crippen molar-refractivity contribution in [3.05, 3.63) is 101 Å². The minimum atomic E-state index is -0.731. The molecule has 0 amide bonds. The molecule has 1 unspecified atom stereocenters. The molecule has 0 aliphatic heterocycles. The summed E-state index contributed by atoms with van der Waals surface area (Å²) in [5, 5.41) is 3.03. The predicted octanol–water partition coefficient (Wildman–Crippen LogP) is 4.77. The molecule has 5 nitrogen and oxygen atoms in total. The van der Waals surface area contributed by atoms with Crippen LogP contribution in [0.4, 0.5) is 4.39 Å². The molecule has 7 heteroatoms. The first-order chi connectivity index (χ1) is 14.3. The molecule has 0 aliphatic rings. The molecule has 2 rings (SSSR count). The average molecular weight is 428 g/mol. The summed E-state index contributed by atoms with van der Waals surface area (Å²) in [6.45, 7) is 9.40. The third-order valence-electron chi connectivity index (χ3n) is 4.29. The van der Waals surface area contributed by atoms with Gasteiger partial charge >= 0.3 is 5.97 Å². The number of benzene rings is 2. The number of amidine groups is 1. The van der Waals surface area contributed by atoms with Gasteiger partial charge in [0.25, 0.3) is 0 Å². The standard InChI is InChI=1S/C23H23ClFN3O2/c1-5-18(22(26)28-14(2)16-9-7-6-8-10-16)21(23(29)30-4)27-15(3)19-12-11-17(24)13-20(19)25/h5-14,27H,1,3H2,2,4H3,(H2,26,28). The lowest BCUT2D eigenvalue weighted by Gasteiger charge is -2.16. The molecule has 0 heterocycles. The second-order valence-corrected chi connectivity index (χ2v) is 6.75. The van der Waals surface area contributed by atoms with Gasteiger partial charge in [-0.15, -0.1) is 0 Å². The topological polar surface area (TPSA) is 76.7 Å². The quantitative estimate of drug-likeness (QED) is 0.209. The van der Waals surface area contributed by atoms with Gasteiger partial charge in [-0.25, -0.2) is 9.18 Å². The number of nitrogens with two attached hydrogens (primary N) is 1. The number of nitrogens with one attached hydrogen (secondary N) is 1. The van der Waals surface area contributed by atoms with Gasteiger partial charge in [-0.05, 0) is 30.7 Å². The normalized spacial score (nSPS) is 13.1. The van der Waals surface area contributed by atoms with Crippen molar-refractivity contribution in [3.8, 4) is 0 Å². The van der Waals surface area contributed by atoms with E-state index in [2.05, 4.69) is 23.5 Å². The van der Waals surface area contributed by atoms with Crippen molar-refractivity contribution in [3.63, 3.8) is 0 Å². The lowest BCUT2D eigenvalue weighted by molar-refractivity contribution is -0.136. The highest BCUT2D eigenvalue weighted by atomic mass is 35.5. The zero-order chi connectivity index (χ0) is 22.3.